The van der Waals surface area contributed by atoms with Gasteiger partial charge in [0.15, 0.2) is 0 Å². The van der Waals surface area contributed by atoms with Gasteiger partial charge in [0.25, 0.3) is 0 Å². The van der Waals surface area contributed by atoms with Crippen molar-refractivity contribution in [2.75, 3.05) is 26.9 Å². The summed E-state index contributed by atoms with van der Waals surface area (Å²) in [6.45, 7) is 4.37. The van der Waals surface area contributed by atoms with E-state index in [9.17, 15) is 4.79 Å². The van der Waals surface area contributed by atoms with Gasteiger partial charge in [-0.1, -0.05) is 17.3 Å². The number of rotatable bonds is 11. The lowest BCUT2D eigenvalue weighted by Crippen LogP contribution is -2.37. The molecule has 1 aromatic heterocycles. The van der Waals surface area contributed by atoms with Crippen LogP contribution in [0, 0.1) is 0 Å². The fourth-order valence-corrected chi connectivity index (χ4v) is 3.99. The first-order valence-corrected chi connectivity index (χ1v) is 11.7. The van der Waals surface area contributed by atoms with Crippen molar-refractivity contribution in [1.29, 1.82) is 0 Å². The van der Waals surface area contributed by atoms with Gasteiger partial charge in [-0.2, -0.15) is 4.98 Å². The fourth-order valence-electron chi connectivity index (χ4n) is 3.99. The van der Waals surface area contributed by atoms with Crippen LogP contribution in [0.4, 0.5) is 0 Å². The Morgan fingerprint density at radius 1 is 1.18 bits per heavy atom. The number of hydrogen-bond acceptors (Lipinski definition) is 7. The molecule has 1 saturated heterocycles. The molecule has 0 aliphatic carbocycles. The van der Waals surface area contributed by atoms with Gasteiger partial charge in [-0.15, -0.1) is 0 Å². The highest BCUT2D eigenvalue weighted by Crippen LogP contribution is 2.21. The van der Waals surface area contributed by atoms with Crippen molar-refractivity contribution in [1.82, 2.24) is 15.0 Å². The summed E-state index contributed by atoms with van der Waals surface area (Å²) in [6.07, 6.45) is 2.73. The lowest BCUT2D eigenvalue weighted by molar-refractivity contribution is -0.133. The van der Waals surface area contributed by atoms with Crippen molar-refractivity contribution >= 4 is 5.91 Å². The molecule has 1 aliphatic heterocycles. The van der Waals surface area contributed by atoms with Gasteiger partial charge in [-0.05, 0) is 61.7 Å². The Labute approximate surface area is 199 Å². The lowest BCUT2D eigenvalue weighted by atomic mass is 10.1. The number of carbonyl (C=O) groups is 1. The molecule has 0 N–H and O–H groups in total. The summed E-state index contributed by atoms with van der Waals surface area (Å²) in [5.41, 5.74) is 1.85. The summed E-state index contributed by atoms with van der Waals surface area (Å²) in [4.78, 5) is 19.5. The van der Waals surface area contributed by atoms with E-state index in [1.165, 1.54) is 0 Å². The van der Waals surface area contributed by atoms with Gasteiger partial charge in [0, 0.05) is 38.1 Å². The van der Waals surface area contributed by atoms with Crippen LogP contribution in [0.15, 0.2) is 53.1 Å². The zero-order chi connectivity index (χ0) is 23.8. The smallest absolute Gasteiger partial charge is 0.227 e. The number of benzene rings is 2. The Hall–Kier alpha value is -3.39. The average molecular weight is 466 g/mol. The quantitative estimate of drug-likeness (QED) is 0.418. The maximum absolute atomic E-state index is 13.2. The standard InChI is InChI=1S/C26H31N3O5/c1-3-32-21-11-9-20(10-12-21)26-27-24(34-28-26)13-14-25(30)29(18-23-8-5-15-33-23)17-19-6-4-7-22(16-19)31-2/h4,6-7,9-12,16,23H,3,5,8,13-15,17-18H2,1-2H3. The number of ether oxygens (including phenoxy) is 3. The first-order valence-electron chi connectivity index (χ1n) is 11.7. The maximum atomic E-state index is 13.2. The molecule has 8 nitrogen and oxygen atoms in total. The summed E-state index contributed by atoms with van der Waals surface area (Å²) < 4.78 is 22.0. The molecule has 1 fully saturated rings. The minimum Gasteiger partial charge on any atom is -0.497 e. The highest BCUT2D eigenvalue weighted by molar-refractivity contribution is 5.76. The van der Waals surface area contributed by atoms with Gasteiger partial charge in [0.05, 0.1) is 19.8 Å². The van der Waals surface area contributed by atoms with Gasteiger partial charge in [-0.3, -0.25) is 4.79 Å². The van der Waals surface area contributed by atoms with Crippen LogP contribution in [0.3, 0.4) is 0 Å². The molecule has 3 aromatic rings. The van der Waals surface area contributed by atoms with Crippen LogP contribution >= 0.6 is 0 Å². The van der Waals surface area contributed by atoms with Crippen molar-refractivity contribution in [3.8, 4) is 22.9 Å². The van der Waals surface area contributed by atoms with Gasteiger partial charge in [-0.25, -0.2) is 0 Å². The van der Waals surface area contributed by atoms with E-state index in [2.05, 4.69) is 10.1 Å². The monoisotopic (exact) mass is 465 g/mol. The summed E-state index contributed by atoms with van der Waals surface area (Å²) >= 11 is 0. The number of methoxy groups -OCH3 is 1. The SMILES string of the molecule is CCOc1ccc(-c2noc(CCC(=O)N(Cc3cccc(OC)c3)CC3CCCO3)n2)cc1. The van der Waals surface area contributed by atoms with Crippen LogP contribution in [0.1, 0.15) is 37.6 Å². The van der Waals surface area contributed by atoms with Gasteiger partial charge in [0.1, 0.15) is 11.5 Å². The fraction of sp³-hybridized carbons (Fsp3) is 0.423. The first kappa shape index (κ1) is 23.8. The molecule has 1 unspecified atom stereocenters. The van der Waals surface area contributed by atoms with Crippen LogP contribution in [-0.2, 0) is 22.5 Å². The predicted octanol–water partition coefficient (Wildman–Crippen LogP) is 4.28. The zero-order valence-corrected chi connectivity index (χ0v) is 19.7. The number of nitrogens with zero attached hydrogens (tertiary/aromatic N) is 3. The molecular weight excluding hydrogens is 434 g/mol. The van der Waals surface area contributed by atoms with Gasteiger partial charge in [0.2, 0.25) is 17.6 Å². The summed E-state index contributed by atoms with van der Waals surface area (Å²) in [6, 6.07) is 15.3. The average Bonchev–Trinajstić information content (AvgIpc) is 3.55. The van der Waals surface area contributed by atoms with Gasteiger partial charge < -0.3 is 23.6 Å². The third kappa shape index (κ3) is 6.35. The summed E-state index contributed by atoms with van der Waals surface area (Å²) in [5.74, 6) is 2.53. The summed E-state index contributed by atoms with van der Waals surface area (Å²) in [5, 5.41) is 4.07. The van der Waals surface area contributed by atoms with E-state index in [1.807, 2.05) is 60.4 Å². The van der Waals surface area contributed by atoms with Crippen LogP contribution in [-0.4, -0.2) is 53.9 Å². The minimum atomic E-state index is 0.0270. The van der Waals surface area contributed by atoms with Crippen LogP contribution in [0.5, 0.6) is 11.5 Å². The molecule has 0 spiro atoms. The van der Waals surface area contributed by atoms with Gasteiger partial charge >= 0.3 is 0 Å². The van der Waals surface area contributed by atoms with Crippen LogP contribution in [0.25, 0.3) is 11.4 Å². The van der Waals surface area contributed by atoms with E-state index >= 15 is 0 Å². The molecule has 2 aromatic carbocycles. The van der Waals surface area contributed by atoms with Crippen molar-refractivity contribution in [2.24, 2.45) is 0 Å². The topological polar surface area (TPSA) is 86.9 Å². The molecule has 1 atom stereocenters. The van der Waals surface area contributed by atoms with E-state index in [1.54, 1.807) is 7.11 Å². The molecule has 180 valence electrons. The van der Waals surface area contributed by atoms with E-state index in [-0.39, 0.29) is 18.4 Å². The number of carbonyl (C=O) groups excluding carboxylic acids is 1. The number of hydrogen-bond donors (Lipinski definition) is 0. The highest BCUT2D eigenvalue weighted by atomic mass is 16.5. The normalized spacial score (nSPS) is 15.3. The molecule has 0 radical (unpaired) electrons. The van der Waals surface area contributed by atoms with Crippen molar-refractivity contribution < 1.29 is 23.5 Å². The van der Waals surface area contributed by atoms with E-state index in [0.717, 1.165) is 42.1 Å². The second kappa shape index (κ2) is 11.7. The number of amides is 1. The van der Waals surface area contributed by atoms with Crippen LogP contribution in [0.2, 0.25) is 0 Å². The Kier molecular flexibility index (Phi) is 8.14. The third-order valence-electron chi connectivity index (χ3n) is 5.75. The first-order chi connectivity index (χ1) is 16.6. The molecule has 1 aliphatic rings. The maximum Gasteiger partial charge on any atom is 0.227 e. The summed E-state index contributed by atoms with van der Waals surface area (Å²) in [7, 11) is 1.64. The molecule has 0 bridgehead atoms. The molecular formula is C26H31N3O5. The molecule has 0 saturated carbocycles. The van der Waals surface area contributed by atoms with Crippen molar-refractivity contribution in [3.63, 3.8) is 0 Å². The highest BCUT2D eigenvalue weighted by Gasteiger charge is 2.23. The minimum absolute atomic E-state index is 0.0270. The molecule has 34 heavy (non-hydrogen) atoms. The molecule has 1 amide bonds. The molecule has 4 rings (SSSR count). The molecule has 2 heterocycles. The second-order valence-corrected chi connectivity index (χ2v) is 8.23. The second-order valence-electron chi connectivity index (χ2n) is 8.23. The van der Waals surface area contributed by atoms with Crippen LogP contribution < -0.4 is 9.47 Å². The van der Waals surface area contributed by atoms with Crippen molar-refractivity contribution in [3.05, 3.63) is 60.0 Å². The van der Waals surface area contributed by atoms with Crippen molar-refractivity contribution in [2.45, 2.75) is 45.3 Å². The Bertz CT molecular complexity index is 1060. The largest absolute Gasteiger partial charge is 0.497 e. The van der Waals surface area contributed by atoms with E-state index in [4.69, 9.17) is 18.7 Å². The zero-order valence-electron chi connectivity index (χ0n) is 19.7. The Balaban J connectivity index is 1.38. The number of aromatic nitrogens is 2. The molecule has 8 heteroatoms. The Morgan fingerprint density at radius 3 is 2.76 bits per heavy atom. The Morgan fingerprint density at radius 2 is 2.03 bits per heavy atom. The van der Waals surface area contributed by atoms with E-state index < -0.39 is 0 Å². The predicted molar refractivity (Wildman–Crippen MR) is 127 cm³/mol. The third-order valence-corrected chi connectivity index (χ3v) is 5.75. The van der Waals surface area contributed by atoms with E-state index in [0.29, 0.717) is 37.8 Å². The lowest BCUT2D eigenvalue weighted by Gasteiger charge is -2.25. The number of aryl methyl sites for hydroxylation is 1.